The van der Waals surface area contributed by atoms with Crippen LogP contribution < -0.4 is 14.4 Å². The Labute approximate surface area is 227 Å². The molecule has 0 spiro atoms. The molecule has 0 radical (unpaired) electrons. The van der Waals surface area contributed by atoms with Gasteiger partial charge in [-0.2, -0.15) is 4.31 Å². The lowest BCUT2D eigenvalue weighted by atomic mass is 9.96. The molecule has 1 amide bonds. The highest BCUT2D eigenvalue weighted by Gasteiger charge is 2.36. The average molecular weight is 560 g/mol. The summed E-state index contributed by atoms with van der Waals surface area (Å²) < 4.78 is 45.4. The van der Waals surface area contributed by atoms with Gasteiger partial charge in [0.05, 0.1) is 41.5 Å². The number of amides is 1. The number of hydrogen-bond acceptors (Lipinski definition) is 8. The average Bonchev–Trinajstić information content (AvgIpc) is 3.61. The summed E-state index contributed by atoms with van der Waals surface area (Å²) in [6, 6.07) is 12.1. The van der Waals surface area contributed by atoms with E-state index in [1.54, 1.807) is 36.3 Å². The number of methoxy groups -OCH3 is 1. The standard InChI is InChI=1S/C27H33N3O6S2/c1-3-35-21-8-11-24-25(17-21)37-27(28-24)30(18-22-5-4-16-36-22)26(31)19-12-14-29(15-13-19)38(32,33)23-9-6-20(34-2)7-10-23/h6-11,17,19,22H,3-5,12-16,18H2,1-2H3. The molecule has 2 aliphatic heterocycles. The van der Waals surface area contributed by atoms with Crippen molar-refractivity contribution in [2.45, 2.75) is 43.6 Å². The van der Waals surface area contributed by atoms with Crippen molar-refractivity contribution >= 4 is 42.6 Å². The van der Waals surface area contributed by atoms with Gasteiger partial charge in [0.1, 0.15) is 11.5 Å². The molecular weight excluding hydrogens is 526 g/mol. The van der Waals surface area contributed by atoms with Crippen LogP contribution >= 0.6 is 11.3 Å². The van der Waals surface area contributed by atoms with Crippen molar-refractivity contribution in [3.05, 3.63) is 42.5 Å². The molecule has 38 heavy (non-hydrogen) atoms. The zero-order chi connectivity index (χ0) is 26.7. The number of piperidine rings is 1. The molecule has 2 aromatic carbocycles. The van der Waals surface area contributed by atoms with Crippen molar-refractivity contribution < 1.29 is 27.4 Å². The summed E-state index contributed by atoms with van der Waals surface area (Å²) in [5.41, 5.74) is 0.819. The van der Waals surface area contributed by atoms with Crippen LogP contribution in [0.2, 0.25) is 0 Å². The summed E-state index contributed by atoms with van der Waals surface area (Å²) in [5, 5.41) is 0.641. The van der Waals surface area contributed by atoms with Crippen molar-refractivity contribution in [2.75, 3.05) is 44.9 Å². The van der Waals surface area contributed by atoms with Gasteiger partial charge in [-0.25, -0.2) is 13.4 Å². The predicted octanol–water partition coefficient (Wildman–Crippen LogP) is 4.32. The van der Waals surface area contributed by atoms with Gasteiger partial charge in [-0.3, -0.25) is 9.69 Å². The van der Waals surface area contributed by atoms with E-state index in [0.717, 1.165) is 28.8 Å². The van der Waals surface area contributed by atoms with E-state index in [4.69, 9.17) is 19.2 Å². The van der Waals surface area contributed by atoms with Gasteiger partial charge in [-0.05, 0) is 75.1 Å². The molecule has 0 N–H and O–H groups in total. The summed E-state index contributed by atoms with van der Waals surface area (Å²) in [6.45, 7) is 4.24. The summed E-state index contributed by atoms with van der Waals surface area (Å²) >= 11 is 1.47. The van der Waals surface area contributed by atoms with E-state index in [1.807, 2.05) is 25.1 Å². The Bertz CT molecular complexity index is 1360. The molecule has 5 rings (SSSR count). The number of sulfonamides is 1. The first-order chi connectivity index (χ1) is 18.4. The maximum atomic E-state index is 13.9. The third-order valence-corrected chi connectivity index (χ3v) is 10.0. The second-order valence-corrected chi connectivity index (χ2v) is 12.4. The van der Waals surface area contributed by atoms with E-state index in [9.17, 15) is 13.2 Å². The molecule has 2 fully saturated rings. The monoisotopic (exact) mass is 559 g/mol. The number of hydrogen-bond donors (Lipinski definition) is 0. The number of anilines is 1. The summed E-state index contributed by atoms with van der Waals surface area (Å²) in [4.78, 5) is 20.6. The van der Waals surface area contributed by atoms with Gasteiger partial charge < -0.3 is 14.2 Å². The van der Waals surface area contributed by atoms with Gasteiger partial charge in [-0.1, -0.05) is 11.3 Å². The van der Waals surface area contributed by atoms with Gasteiger partial charge >= 0.3 is 0 Å². The summed E-state index contributed by atoms with van der Waals surface area (Å²) in [6.07, 6.45) is 2.76. The molecule has 0 saturated carbocycles. The molecule has 2 saturated heterocycles. The minimum atomic E-state index is -3.64. The van der Waals surface area contributed by atoms with Crippen molar-refractivity contribution in [3.8, 4) is 11.5 Å². The molecule has 2 aliphatic rings. The lowest BCUT2D eigenvalue weighted by Crippen LogP contribution is -2.46. The van der Waals surface area contributed by atoms with E-state index >= 15 is 0 Å². The molecular formula is C27H33N3O6S2. The highest BCUT2D eigenvalue weighted by molar-refractivity contribution is 7.89. The van der Waals surface area contributed by atoms with Crippen molar-refractivity contribution in [1.82, 2.24) is 9.29 Å². The number of fused-ring (bicyclic) bond motifs is 1. The van der Waals surface area contributed by atoms with Crippen LogP contribution in [-0.2, 0) is 19.6 Å². The number of nitrogens with zero attached hydrogens (tertiary/aromatic N) is 3. The van der Waals surface area contributed by atoms with Crippen molar-refractivity contribution in [1.29, 1.82) is 0 Å². The Balaban J connectivity index is 1.32. The fraction of sp³-hybridized carbons (Fsp3) is 0.481. The molecule has 3 heterocycles. The highest BCUT2D eigenvalue weighted by atomic mass is 32.2. The van der Waals surface area contributed by atoms with Gasteiger partial charge in [0.2, 0.25) is 15.9 Å². The number of carbonyl (C=O) groups is 1. The normalized spacial score (nSPS) is 19.1. The van der Waals surface area contributed by atoms with Crippen LogP contribution in [0.5, 0.6) is 11.5 Å². The molecule has 9 nitrogen and oxygen atoms in total. The highest BCUT2D eigenvalue weighted by Crippen LogP contribution is 2.34. The van der Waals surface area contributed by atoms with Gasteiger partial charge in [0, 0.05) is 25.6 Å². The number of ether oxygens (including phenoxy) is 3. The van der Waals surface area contributed by atoms with E-state index in [2.05, 4.69) is 0 Å². The topological polar surface area (TPSA) is 98.3 Å². The molecule has 0 aliphatic carbocycles. The number of thiazole rings is 1. The molecule has 3 aromatic rings. The summed E-state index contributed by atoms with van der Waals surface area (Å²) in [5.74, 6) is 1.07. The maximum Gasteiger partial charge on any atom is 0.243 e. The van der Waals surface area contributed by atoms with E-state index in [0.29, 0.717) is 43.5 Å². The third kappa shape index (κ3) is 5.66. The Morgan fingerprint density at radius 2 is 1.87 bits per heavy atom. The van der Waals surface area contributed by atoms with Crippen LogP contribution in [0.4, 0.5) is 5.13 Å². The lowest BCUT2D eigenvalue weighted by Gasteiger charge is -2.33. The van der Waals surface area contributed by atoms with Gasteiger partial charge in [-0.15, -0.1) is 0 Å². The Morgan fingerprint density at radius 3 is 2.53 bits per heavy atom. The largest absolute Gasteiger partial charge is 0.497 e. The summed E-state index contributed by atoms with van der Waals surface area (Å²) in [7, 11) is -2.10. The maximum absolute atomic E-state index is 13.9. The molecule has 204 valence electrons. The SMILES string of the molecule is CCOc1ccc2nc(N(CC3CCCO3)C(=O)C3CCN(S(=O)(=O)c4ccc(OC)cc4)CC3)sc2c1. The zero-order valence-corrected chi connectivity index (χ0v) is 23.3. The Morgan fingerprint density at radius 1 is 1.13 bits per heavy atom. The van der Waals surface area contributed by atoms with E-state index < -0.39 is 10.0 Å². The number of carbonyl (C=O) groups excluding carboxylic acids is 1. The molecule has 0 bridgehead atoms. The van der Waals surface area contributed by atoms with Gasteiger partial charge in [0.25, 0.3) is 0 Å². The first-order valence-electron chi connectivity index (χ1n) is 13.0. The molecule has 1 aromatic heterocycles. The minimum Gasteiger partial charge on any atom is -0.497 e. The zero-order valence-electron chi connectivity index (χ0n) is 21.7. The van der Waals surface area contributed by atoms with Crippen LogP contribution in [0.3, 0.4) is 0 Å². The smallest absolute Gasteiger partial charge is 0.243 e. The Hall–Kier alpha value is -2.73. The van der Waals surface area contributed by atoms with Crippen LogP contribution in [0, 0.1) is 5.92 Å². The van der Waals surface area contributed by atoms with E-state index in [1.165, 1.54) is 15.6 Å². The first kappa shape index (κ1) is 26.9. The second-order valence-electron chi connectivity index (χ2n) is 9.50. The quantitative estimate of drug-likeness (QED) is 0.385. The minimum absolute atomic E-state index is 0.0221. The fourth-order valence-electron chi connectivity index (χ4n) is 4.98. The number of aromatic nitrogens is 1. The molecule has 1 unspecified atom stereocenters. The fourth-order valence-corrected chi connectivity index (χ4v) is 7.46. The molecule has 11 heteroatoms. The van der Waals surface area contributed by atoms with Crippen LogP contribution in [0.15, 0.2) is 47.4 Å². The second kappa shape index (κ2) is 11.6. The number of rotatable bonds is 9. The van der Waals surface area contributed by atoms with Gasteiger partial charge in [0.15, 0.2) is 5.13 Å². The third-order valence-electron chi connectivity index (χ3n) is 7.07. The lowest BCUT2D eigenvalue weighted by molar-refractivity contribution is -0.123. The van der Waals surface area contributed by atoms with Crippen molar-refractivity contribution in [2.24, 2.45) is 5.92 Å². The predicted molar refractivity (Wildman–Crippen MR) is 147 cm³/mol. The first-order valence-corrected chi connectivity index (χ1v) is 15.2. The molecule has 1 atom stereocenters. The van der Waals surface area contributed by atoms with Crippen LogP contribution in [0.1, 0.15) is 32.6 Å². The Kier molecular flexibility index (Phi) is 8.18. The van der Waals surface area contributed by atoms with Crippen LogP contribution in [0.25, 0.3) is 10.2 Å². The number of benzene rings is 2. The van der Waals surface area contributed by atoms with Crippen LogP contribution in [-0.4, -0.2) is 69.7 Å². The van der Waals surface area contributed by atoms with E-state index in [-0.39, 0.29) is 35.9 Å². The van der Waals surface area contributed by atoms with Crippen molar-refractivity contribution in [3.63, 3.8) is 0 Å².